The molecule has 2 aromatic rings. The number of benzene rings is 2. The minimum atomic E-state index is -4.06. The van der Waals surface area contributed by atoms with E-state index < -0.39 is 20.6 Å². The number of ether oxygens (including phenoxy) is 2. The topological polar surface area (TPSA) is 146 Å². The summed E-state index contributed by atoms with van der Waals surface area (Å²) >= 11 is 0. The predicted molar refractivity (Wildman–Crippen MR) is 99.8 cm³/mol. The second kappa shape index (κ2) is 8.01. The molecule has 0 unspecified atom stereocenters. The third-order valence-corrected chi connectivity index (χ3v) is 4.55. The lowest BCUT2D eigenvalue weighted by Crippen LogP contribution is -2.12. The lowest BCUT2D eigenvalue weighted by atomic mass is 10.1. The van der Waals surface area contributed by atoms with Crippen LogP contribution in [0.1, 0.15) is 12.5 Å². The van der Waals surface area contributed by atoms with Crippen LogP contribution in [-0.4, -0.2) is 33.3 Å². The summed E-state index contributed by atoms with van der Waals surface area (Å²) in [5.74, 6) is 1.06. The number of rotatable bonds is 7. The average Bonchev–Trinajstić information content (AvgIpc) is 2.64. The summed E-state index contributed by atoms with van der Waals surface area (Å²) < 4.78 is 33.1. The van der Waals surface area contributed by atoms with Crippen LogP contribution in [0, 0.1) is 10.1 Å². The molecule has 0 amide bonds. The van der Waals surface area contributed by atoms with Crippen LogP contribution < -0.4 is 20.0 Å². The maximum atomic E-state index is 11.4. The van der Waals surface area contributed by atoms with E-state index in [1.165, 1.54) is 20.3 Å². The Morgan fingerprint density at radius 3 is 2.37 bits per heavy atom. The number of sulfonamides is 1. The van der Waals surface area contributed by atoms with Gasteiger partial charge in [0.2, 0.25) is 10.0 Å². The number of nitrogens with one attached hydrogen (secondary N) is 1. The quantitative estimate of drug-likeness (QED) is 0.415. The van der Waals surface area contributed by atoms with Crippen LogP contribution in [0.15, 0.2) is 46.4 Å². The van der Waals surface area contributed by atoms with Crippen molar-refractivity contribution in [1.29, 1.82) is 0 Å². The molecule has 0 aliphatic rings. The van der Waals surface area contributed by atoms with E-state index in [9.17, 15) is 18.5 Å². The number of hydrogen-bond acceptors (Lipinski definition) is 8. The van der Waals surface area contributed by atoms with E-state index in [1.807, 2.05) is 0 Å². The number of nitrogens with two attached hydrogens (primary N) is 1. The van der Waals surface area contributed by atoms with Crippen molar-refractivity contribution in [2.75, 3.05) is 19.6 Å². The Hall–Kier alpha value is -3.18. The van der Waals surface area contributed by atoms with E-state index >= 15 is 0 Å². The third kappa shape index (κ3) is 4.71. The predicted octanol–water partition coefficient (Wildman–Crippen LogP) is 2.10. The van der Waals surface area contributed by atoms with Crippen LogP contribution in [0.25, 0.3) is 0 Å². The monoisotopic (exact) mass is 394 g/mol. The highest BCUT2D eigenvalue weighted by Crippen LogP contribution is 2.29. The Kier molecular flexibility index (Phi) is 5.98. The number of nitro benzene ring substituents is 1. The Labute approximate surface area is 155 Å². The molecule has 0 heterocycles. The Bertz CT molecular complexity index is 1000. The Balaban J connectivity index is 2.35. The normalized spacial score (nSPS) is 11.8. The fourth-order valence-electron chi connectivity index (χ4n) is 2.20. The molecule has 10 nitrogen and oxygen atoms in total. The molecule has 0 saturated heterocycles. The van der Waals surface area contributed by atoms with Crippen molar-refractivity contribution in [1.82, 2.24) is 0 Å². The van der Waals surface area contributed by atoms with Crippen molar-refractivity contribution in [3.05, 3.63) is 52.1 Å². The molecule has 0 spiro atoms. The summed E-state index contributed by atoms with van der Waals surface area (Å²) in [5.41, 5.74) is 3.34. The second-order valence-electron chi connectivity index (χ2n) is 5.36. The van der Waals surface area contributed by atoms with Gasteiger partial charge in [-0.15, -0.1) is 0 Å². The Morgan fingerprint density at radius 1 is 1.15 bits per heavy atom. The van der Waals surface area contributed by atoms with Gasteiger partial charge >= 0.3 is 0 Å². The smallest absolute Gasteiger partial charge is 0.295 e. The number of nitrogens with zero attached hydrogens (tertiary/aromatic N) is 2. The van der Waals surface area contributed by atoms with Crippen LogP contribution in [0.2, 0.25) is 0 Å². The van der Waals surface area contributed by atoms with Gasteiger partial charge in [0.05, 0.1) is 29.8 Å². The van der Waals surface area contributed by atoms with Gasteiger partial charge in [0.15, 0.2) is 11.5 Å². The van der Waals surface area contributed by atoms with Gasteiger partial charge in [0.1, 0.15) is 5.69 Å². The van der Waals surface area contributed by atoms with Gasteiger partial charge in [-0.25, -0.2) is 13.6 Å². The van der Waals surface area contributed by atoms with Gasteiger partial charge in [-0.3, -0.25) is 15.5 Å². The van der Waals surface area contributed by atoms with E-state index in [0.29, 0.717) is 22.8 Å². The number of hydrogen-bond donors (Lipinski definition) is 2. The fourth-order valence-corrected chi connectivity index (χ4v) is 2.74. The zero-order chi connectivity index (χ0) is 20.2. The summed E-state index contributed by atoms with van der Waals surface area (Å²) in [4.78, 5) is 10.1. The van der Waals surface area contributed by atoms with Crippen molar-refractivity contribution in [2.24, 2.45) is 10.2 Å². The number of primary sulfonamides is 1. The van der Waals surface area contributed by atoms with Gasteiger partial charge < -0.3 is 9.47 Å². The van der Waals surface area contributed by atoms with Gasteiger partial charge in [0.25, 0.3) is 5.69 Å². The molecule has 0 aliphatic carbocycles. The van der Waals surface area contributed by atoms with Crippen molar-refractivity contribution < 1.29 is 22.8 Å². The van der Waals surface area contributed by atoms with E-state index in [-0.39, 0.29) is 10.6 Å². The average molecular weight is 394 g/mol. The largest absolute Gasteiger partial charge is 0.493 e. The number of hydrazone groups is 1. The zero-order valence-electron chi connectivity index (χ0n) is 14.8. The third-order valence-electron chi connectivity index (χ3n) is 3.64. The van der Waals surface area contributed by atoms with Gasteiger partial charge in [-0.1, -0.05) is 0 Å². The first kappa shape index (κ1) is 20.1. The zero-order valence-corrected chi connectivity index (χ0v) is 15.6. The lowest BCUT2D eigenvalue weighted by molar-refractivity contribution is -0.384. The molecule has 27 heavy (non-hydrogen) atoms. The van der Waals surface area contributed by atoms with Crippen LogP contribution in [0.4, 0.5) is 11.4 Å². The second-order valence-corrected chi connectivity index (χ2v) is 6.92. The molecule has 0 fully saturated rings. The molecule has 11 heteroatoms. The molecule has 144 valence electrons. The van der Waals surface area contributed by atoms with Gasteiger partial charge in [0, 0.05) is 11.6 Å². The first-order chi connectivity index (χ1) is 12.7. The standard InChI is InChI=1S/C16H18N4O6S/c1-10(11-4-7-15(25-2)16(8-11)26-3)18-19-13-6-5-12(27(17,23)24)9-14(13)20(21)22/h4-9,19H,1-3H3,(H2,17,23,24)/b18-10+. The Morgan fingerprint density at radius 2 is 1.81 bits per heavy atom. The maximum Gasteiger partial charge on any atom is 0.295 e. The number of methoxy groups -OCH3 is 2. The number of anilines is 1. The van der Waals surface area contributed by atoms with Crippen LogP contribution in [0.3, 0.4) is 0 Å². The first-order valence-electron chi connectivity index (χ1n) is 7.51. The molecule has 0 radical (unpaired) electrons. The molecule has 0 aromatic heterocycles. The van der Waals surface area contributed by atoms with Gasteiger partial charge in [-0.2, -0.15) is 5.10 Å². The molecule has 2 rings (SSSR count). The highest BCUT2D eigenvalue weighted by molar-refractivity contribution is 7.89. The minimum Gasteiger partial charge on any atom is -0.493 e. The summed E-state index contributed by atoms with van der Waals surface area (Å²) in [6, 6.07) is 8.42. The van der Waals surface area contributed by atoms with Crippen molar-refractivity contribution >= 4 is 27.1 Å². The maximum absolute atomic E-state index is 11.4. The summed E-state index contributed by atoms with van der Waals surface area (Å²) in [6.45, 7) is 1.69. The molecule has 3 N–H and O–H groups in total. The summed E-state index contributed by atoms with van der Waals surface area (Å²) in [6.07, 6.45) is 0. The SMILES string of the molecule is COc1ccc(/C(C)=N/Nc2ccc(S(N)(=O)=O)cc2[N+](=O)[O-])cc1OC. The van der Waals surface area contributed by atoms with Crippen LogP contribution in [-0.2, 0) is 10.0 Å². The highest BCUT2D eigenvalue weighted by Gasteiger charge is 2.19. The number of nitro groups is 1. The highest BCUT2D eigenvalue weighted by atomic mass is 32.2. The van der Waals surface area contributed by atoms with Gasteiger partial charge in [-0.05, 0) is 37.3 Å². The van der Waals surface area contributed by atoms with Crippen molar-refractivity contribution in [3.8, 4) is 11.5 Å². The van der Waals surface area contributed by atoms with Crippen LogP contribution >= 0.6 is 0 Å². The molecule has 0 atom stereocenters. The molecule has 0 saturated carbocycles. The van der Waals surface area contributed by atoms with Crippen molar-refractivity contribution in [3.63, 3.8) is 0 Å². The molecular weight excluding hydrogens is 376 g/mol. The van der Waals surface area contributed by atoms with E-state index in [0.717, 1.165) is 12.1 Å². The van der Waals surface area contributed by atoms with Crippen LogP contribution in [0.5, 0.6) is 11.5 Å². The van der Waals surface area contributed by atoms with E-state index in [4.69, 9.17) is 14.6 Å². The summed E-state index contributed by atoms with van der Waals surface area (Å²) in [5, 5.41) is 20.3. The summed E-state index contributed by atoms with van der Waals surface area (Å²) in [7, 11) is -1.04. The molecule has 2 aromatic carbocycles. The lowest BCUT2D eigenvalue weighted by Gasteiger charge is -2.10. The molecule has 0 aliphatic heterocycles. The van der Waals surface area contributed by atoms with E-state index in [2.05, 4.69) is 10.5 Å². The first-order valence-corrected chi connectivity index (χ1v) is 9.06. The van der Waals surface area contributed by atoms with Crippen molar-refractivity contribution in [2.45, 2.75) is 11.8 Å². The fraction of sp³-hybridized carbons (Fsp3) is 0.188. The minimum absolute atomic E-state index is 0.0206. The molecular formula is C16H18N4O6S. The molecule has 0 bridgehead atoms. The van der Waals surface area contributed by atoms with E-state index in [1.54, 1.807) is 25.1 Å².